The SMILES string of the molecule is CC(N)C(=O)N1CCN(C(C)c2ccc(Cl)cc2)CC1.Cl. The quantitative estimate of drug-likeness (QED) is 0.924. The van der Waals surface area contributed by atoms with Gasteiger partial charge >= 0.3 is 0 Å². The van der Waals surface area contributed by atoms with Crippen LogP contribution in [0.15, 0.2) is 24.3 Å². The van der Waals surface area contributed by atoms with Crippen molar-refractivity contribution in [3.63, 3.8) is 0 Å². The predicted molar refractivity (Wildman–Crippen MR) is 88.9 cm³/mol. The second-order valence-corrected chi connectivity index (χ2v) is 5.81. The Morgan fingerprint density at radius 1 is 1.14 bits per heavy atom. The summed E-state index contributed by atoms with van der Waals surface area (Å²) in [5, 5.41) is 0.758. The van der Waals surface area contributed by atoms with Gasteiger partial charge in [0.15, 0.2) is 0 Å². The number of nitrogens with two attached hydrogens (primary N) is 1. The van der Waals surface area contributed by atoms with E-state index >= 15 is 0 Å². The molecule has 2 unspecified atom stereocenters. The Morgan fingerprint density at radius 3 is 2.14 bits per heavy atom. The lowest BCUT2D eigenvalue weighted by Crippen LogP contribution is -2.52. The fourth-order valence-corrected chi connectivity index (χ4v) is 2.70. The van der Waals surface area contributed by atoms with Crippen LogP contribution >= 0.6 is 24.0 Å². The molecule has 0 spiro atoms. The molecule has 1 aromatic carbocycles. The van der Waals surface area contributed by atoms with E-state index in [1.165, 1.54) is 5.56 Å². The standard InChI is InChI=1S/C15H22ClN3O.ClH/c1-11(17)15(20)19-9-7-18(8-10-19)12(2)13-3-5-14(16)6-4-13;/h3-6,11-12H,7-10,17H2,1-2H3;1H. The van der Waals surface area contributed by atoms with E-state index < -0.39 is 6.04 Å². The van der Waals surface area contributed by atoms with Gasteiger partial charge in [-0.3, -0.25) is 9.69 Å². The number of hydrogen-bond acceptors (Lipinski definition) is 3. The van der Waals surface area contributed by atoms with Gasteiger partial charge in [0, 0.05) is 37.2 Å². The Balaban J connectivity index is 0.00000220. The summed E-state index contributed by atoms with van der Waals surface area (Å²) in [7, 11) is 0. The van der Waals surface area contributed by atoms with Gasteiger partial charge in [0.2, 0.25) is 5.91 Å². The normalized spacial score (nSPS) is 18.8. The summed E-state index contributed by atoms with van der Waals surface area (Å²) in [6, 6.07) is 7.89. The molecule has 1 aliphatic heterocycles. The van der Waals surface area contributed by atoms with Crippen molar-refractivity contribution < 1.29 is 4.79 Å². The zero-order valence-corrected chi connectivity index (χ0v) is 14.0. The van der Waals surface area contributed by atoms with Crippen molar-refractivity contribution in [2.75, 3.05) is 26.2 Å². The minimum Gasteiger partial charge on any atom is -0.339 e. The maximum atomic E-state index is 11.8. The number of piperazine rings is 1. The monoisotopic (exact) mass is 331 g/mol. The van der Waals surface area contributed by atoms with Crippen molar-refractivity contribution in [2.45, 2.75) is 25.9 Å². The van der Waals surface area contributed by atoms with Crippen LogP contribution in [0.2, 0.25) is 5.02 Å². The Hall–Kier alpha value is -0.810. The van der Waals surface area contributed by atoms with Crippen molar-refractivity contribution in [3.8, 4) is 0 Å². The Labute approximate surface area is 137 Å². The van der Waals surface area contributed by atoms with E-state index in [2.05, 4.69) is 24.0 Å². The number of amides is 1. The summed E-state index contributed by atoms with van der Waals surface area (Å²) in [6.45, 7) is 7.18. The zero-order valence-electron chi connectivity index (χ0n) is 12.5. The first kappa shape index (κ1) is 18.2. The van der Waals surface area contributed by atoms with Gasteiger partial charge in [0.25, 0.3) is 0 Å². The lowest BCUT2D eigenvalue weighted by atomic mass is 10.1. The lowest BCUT2D eigenvalue weighted by Gasteiger charge is -2.38. The van der Waals surface area contributed by atoms with Crippen LogP contribution in [-0.4, -0.2) is 47.9 Å². The van der Waals surface area contributed by atoms with Crippen LogP contribution in [0.5, 0.6) is 0 Å². The molecule has 0 radical (unpaired) electrons. The Bertz CT molecular complexity index is 456. The van der Waals surface area contributed by atoms with E-state index in [0.29, 0.717) is 6.04 Å². The van der Waals surface area contributed by atoms with Gasteiger partial charge < -0.3 is 10.6 Å². The second kappa shape index (κ2) is 7.99. The van der Waals surface area contributed by atoms with Crippen LogP contribution in [0.1, 0.15) is 25.5 Å². The van der Waals surface area contributed by atoms with Crippen molar-refractivity contribution >= 4 is 29.9 Å². The summed E-state index contributed by atoms with van der Waals surface area (Å²) < 4.78 is 0. The summed E-state index contributed by atoms with van der Waals surface area (Å²) in [4.78, 5) is 16.1. The number of carbonyl (C=O) groups is 1. The average molecular weight is 332 g/mol. The van der Waals surface area contributed by atoms with Gasteiger partial charge in [-0.25, -0.2) is 0 Å². The van der Waals surface area contributed by atoms with Crippen molar-refractivity contribution in [1.82, 2.24) is 9.80 Å². The van der Waals surface area contributed by atoms with Gasteiger partial charge in [-0.05, 0) is 31.5 Å². The first-order chi connectivity index (χ1) is 9.49. The van der Waals surface area contributed by atoms with Gasteiger partial charge in [-0.1, -0.05) is 23.7 Å². The maximum absolute atomic E-state index is 11.8. The highest BCUT2D eigenvalue weighted by Crippen LogP contribution is 2.23. The first-order valence-electron chi connectivity index (χ1n) is 7.03. The molecule has 21 heavy (non-hydrogen) atoms. The van der Waals surface area contributed by atoms with Crippen molar-refractivity contribution in [2.24, 2.45) is 5.73 Å². The largest absolute Gasteiger partial charge is 0.339 e. The van der Waals surface area contributed by atoms with Crippen LogP contribution in [-0.2, 0) is 4.79 Å². The van der Waals surface area contributed by atoms with Crippen LogP contribution in [0.25, 0.3) is 0 Å². The Morgan fingerprint density at radius 2 is 1.67 bits per heavy atom. The number of nitrogens with zero attached hydrogens (tertiary/aromatic N) is 2. The van der Waals surface area contributed by atoms with E-state index in [9.17, 15) is 4.79 Å². The van der Waals surface area contributed by atoms with Gasteiger partial charge in [0.05, 0.1) is 6.04 Å². The highest BCUT2D eigenvalue weighted by molar-refractivity contribution is 6.30. The molecule has 0 bridgehead atoms. The molecule has 1 saturated heterocycles. The summed E-state index contributed by atoms with van der Waals surface area (Å²) >= 11 is 5.92. The smallest absolute Gasteiger partial charge is 0.239 e. The number of carbonyl (C=O) groups excluding carboxylic acids is 1. The molecule has 1 amide bonds. The number of benzene rings is 1. The zero-order chi connectivity index (χ0) is 14.7. The molecule has 4 nitrogen and oxygen atoms in total. The molecule has 1 aromatic rings. The number of halogens is 2. The first-order valence-corrected chi connectivity index (χ1v) is 7.40. The van der Waals surface area contributed by atoms with Gasteiger partial charge in [-0.2, -0.15) is 0 Å². The van der Waals surface area contributed by atoms with E-state index in [4.69, 9.17) is 17.3 Å². The summed E-state index contributed by atoms with van der Waals surface area (Å²) in [5.41, 5.74) is 6.90. The molecule has 0 saturated carbocycles. The predicted octanol–water partition coefficient (Wildman–Crippen LogP) is 2.31. The van der Waals surface area contributed by atoms with Crippen molar-refractivity contribution in [3.05, 3.63) is 34.9 Å². The molecule has 2 rings (SSSR count). The molecule has 1 fully saturated rings. The summed E-state index contributed by atoms with van der Waals surface area (Å²) in [6.07, 6.45) is 0. The van der Waals surface area contributed by atoms with Crippen molar-refractivity contribution in [1.29, 1.82) is 0 Å². The highest BCUT2D eigenvalue weighted by Gasteiger charge is 2.25. The third-order valence-corrected chi connectivity index (χ3v) is 4.17. The molecule has 1 aliphatic rings. The summed E-state index contributed by atoms with van der Waals surface area (Å²) in [5.74, 6) is 0.0452. The molecule has 118 valence electrons. The topological polar surface area (TPSA) is 49.6 Å². The molecule has 0 aromatic heterocycles. The molecule has 1 heterocycles. The minimum absolute atomic E-state index is 0. The van der Waals surface area contributed by atoms with Crippen LogP contribution in [0.3, 0.4) is 0 Å². The van der Waals surface area contributed by atoms with Crippen LogP contribution in [0.4, 0.5) is 0 Å². The van der Waals surface area contributed by atoms with E-state index in [1.54, 1.807) is 6.92 Å². The maximum Gasteiger partial charge on any atom is 0.239 e. The fraction of sp³-hybridized carbons (Fsp3) is 0.533. The van der Waals surface area contributed by atoms with Gasteiger partial charge in [-0.15, -0.1) is 12.4 Å². The minimum atomic E-state index is -0.407. The van der Waals surface area contributed by atoms with Gasteiger partial charge in [0.1, 0.15) is 0 Å². The molecule has 2 atom stereocenters. The number of rotatable bonds is 3. The van der Waals surface area contributed by atoms with Crippen LogP contribution < -0.4 is 5.73 Å². The molecule has 0 aliphatic carbocycles. The average Bonchev–Trinajstić information content (AvgIpc) is 2.46. The fourth-order valence-electron chi connectivity index (χ4n) is 2.57. The second-order valence-electron chi connectivity index (χ2n) is 5.38. The molecule has 6 heteroatoms. The van der Waals surface area contributed by atoms with E-state index in [-0.39, 0.29) is 18.3 Å². The highest BCUT2D eigenvalue weighted by atomic mass is 35.5. The molecular formula is C15H23Cl2N3O. The lowest BCUT2D eigenvalue weighted by molar-refractivity contribution is -0.134. The van der Waals surface area contributed by atoms with Crippen LogP contribution in [0, 0.1) is 0 Å². The third-order valence-electron chi connectivity index (χ3n) is 3.92. The Kier molecular flexibility index (Phi) is 6.94. The molecular weight excluding hydrogens is 309 g/mol. The number of hydrogen-bond donors (Lipinski definition) is 1. The third kappa shape index (κ3) is 4.58. The van der Waals surface area contributed by atoms with E-state index in [0.717, 1.165) is 31.2 Å². The van der Waals surface area contributed by atoms with E-state index in [1.807, 2.05) is 17.0 Å². The molecule has 2 N–H and O–H groups in total.